The van der Waals surface area contributed by atoms with Crippen LogP contribution in [-0.2, 0) is 17.6 Å². The average Bonchev–Trinajstić information content (AvgIpc) is 2.61. The third-order valence-electron chi connectivity index (χ3n) is 3.90. The Morgan fingerprint density at radius 3 is 2.52 bits per heavy atom. The van der Waals surface area contributed by atoms with Gasteiger partial charge in [0, 0.05) is 18.3 Å². The molecule has 0 aliphatic rings. The molecule has 1 aromatic carbocycles. The van der Waals surface area contributed by atoms with Crippen molar-refractivity contribution in [3.05, 3.63) is 59.4 Å². The first kappa shape index (κ1) is 19.3. The van der Waals surface area contributed by atoms with Gasteiger partial charge in [-0.3, -0.25) is 9.78 Å². The summed E-state index contributed by atoms with van der Waals surface area (Å²) in [6.07, 6.45) is 4.38. The van der Waals surface area contributed by atoms with E-state index in [1.165, 1.54) is 11.8 Å². The fourth-order valence-electron chi connectivity index (χ4n) is 2.34. The van der Waals surface area contributed by atoms with Gasteiger partial charge in [-0.1, -0.05) is 18.2 Å². The Morgan fingerprint density at radius 2 is 2.00 bits per heavy atom. The molecule has 3 N–H and O–H groups in total. The molecule has 2 aromatic rings. The minimum absolute atomic E-state index is 0.206. The first-order chi connectivity index (χ1) is 12.0. The van der Waals surface area contributed by atoms with E-state index in [1.54, 1.807) is 13.1 Å². The molecule has 0 aliphatic heterocycles. The lowest BCUT2D eigenvalue weighted by Crippen LogP contribution is -2.27. The van der Waals surface area contributed by atoms with Gasteiger partial charge in [0.25, 0.3) is 0 Å². The molecule has 1 heterocycles. The van der Waals surface area contributed by atoms with Gasteiger partial charge in [0.05, 0.1) is 18.0 Å². The maximum absolute atomic E-state index is 11.3. The SMILES string of the molecule is CS[C@@H](Cc1ccc(OCCc2ccc(C(C)O)cn2)cc1)C(N)=O. The smallest absolute Gasteiger partial charge is 0.230 e. The predicted molar refractivity (Wildman–Crippen MR) is 101 cm³/mol. The quantitative estimate of drug-likeness (QED) is 0.718. The van der Waals surface area contributed by atoms with Crippen molar-refractivity contribution in [1.82, 2.24) is 4.98 Å². The minimum atomic E-state index is -0.503. The number of carbonyl (C=O) groups excluding carboxylic acids is 1. The summed E-state index contributed by atoms with van der Waals surface area (Å²) >= 11 is 1.46. The van der Waals surface area contributed by atoms with E-state index in [0.29, 0.717) is 19.4 Å². The number of aliphatic hydroxyl groups excluding tert-OH is 1. The van der Waals surface area contributed by atoms with Crippen molar-refractivity contribution in [1.29, 1.82) is 0 Å². The molecule has 1 aromatic heterocycles. The van der Waals surface area contributed by atoms with Gasteiger partial charge in [-0.2, -0.15) is 11.8 Å². The monoisotopic (exact) mass is 360 g/mol. The average molecular weight is 360 g/mol. The fourth-order valence-corrected chi connectivity index (χ4v) is 2.93. The predicted octanol–water partition coefficient (Wildman–Crippen LogP) is 2.52. The molecular formula is C19H24N2O3S. The first-order valence-electron chi connectivity index (χ1n) is 8.16. The van der Waals surface area contributed by atoms with E-state index in [9.17, 15) is 9.90 Å². The van der Waals surface area contributed by atoms with Crippen molar-refractivity contribution in [2.75, 3.05) is 12.9 Å². The van der Waals surface area contributed by atoms with Crippen molar-refractivity contribution >= 4 is 17.7 Å². The Labute approximate surface area is 152 Å². The molecule has 2 atom stereocenters. The summed E-state index contributed by atoms with van der Waals surface area (Å²) < 4.78 is 5.74. The summed E-state index contributed by atoms with van der Waals surface area (Å²) in [5.41, 5.74) is 8.15. The minimum Gasteiger partial charge on any atom is -0.493 e. The Hall–Kier alpha value is -2.05. The number of rotatable bonds is 9. The van der Waals surface area contributed by atoms with E-state index < -0.39 is 6.10 Å². The highest BCUT2D eigenvalue weighted by Crippen LogP contribution is 2.18. The number of hydrogen-bond acceptors (Lipinski definition) is 5. The maximum atomic E-state index is 11.3. The number of pyridine rings is 1. The molecule has 0 fully saturated rings. The molecule has 1 unspecified atom stereocenters. The van der Waals surface area contributed by atoms with Crippen LogP contribution in [0.1, 0.15) is 29.8 Å². The Kier molecular flexibility index (Phi) is 7.28. The van der Waals surface area contributed by atoms with E-state index in [-0.39, 0.29) is 11.2 Å². The van der Waals surface area contributed by atoms with Gasteiger partial charge in [0.1, 0.15) is 5.75 Å². The molecule has 134 valence electrons. The van der Waals surface area contributed by atoms with Crippen LogP contribution >= 0.6 is 11.8 Å². The molecule has 1 amide bonds. The standard InChI is InChI=1S/C19H24N2O3S/c1-13(22)15-5-6-16(21-12-15)9-10-24-17-7-3-14(4-8-17)11-18(25-2)19(20)23/h3-8,12-13,18,22H,9-11H2,1-2H3,(H2,20,23)/t13?,18-/m0/s1. The molecule has 5 nitrogen and oxygen atoms in total. The van der Waals surface area contributed by atoms with Gasteiger partial charge in [-0.25, -0.2) is 0 Å². The molecule has 0 radical (unpaired) electrons. The molecule has 2 rings (SSSR count). The van der Waals surface area contributed by atoms with Crippen LogP contribution in [0, 0.1) is 0 Å². The van der Waals surface area contributed by atoms with Gasteiger partial charge in [0.15, 0.2) is 0 Å². The van der Waals surface area contributed by atoms with Crippen molar-refractivity contribution in [2.45, 2.75) is 31.1 Å². The van der Waals surface area contributed by atoms with Gasteiger partial charge in [-0.15, -0.1) is 0 Å². The second-order valence-corrected chi connectivity index (χ2v) is 6.87. The van der Waals surface area contributed by atoms with Crippen LogP contribution < -0.4 is 10.5 Å². The number of aromatic nitrogens is 1. The summed E-state index contributed by atoms with van der Waals surface area (Å²) in [7, 11) is 0. The van der Waals surface area contributed by atoms with Crippen molar-refractivity contribution in [3.8, 4) is 5.75 Å². The lowest BCUT2D eigenvalue weighted by Gasteiger charge is -2.11. The molecule has 0 spiro atoms. The first-order valence-corrected chi connectivity index (χ1v) is 9.45. The third-order valence-corrected chi connectivity index (χ3v) is 4.87. The van der Waals surface area contributed by atoms with Crippen LogP contribution in [0.3, 0.4) is 0 Å². The molecule has 0 saturated heterocycles. The Morgan fingerprint density at radius 1 is 1.28 bits per heavy atom. The highest BCUT2D eigenvalue weighted by atomic mass is 32.2. The summed E-state index contributed by atoms with van der Waals surface area (Å²) in [5.74, 6) is 0.492. The zero-order valence-corrected chi connectivity index (χ0v) is 15.3. The summed E-state index contributed by atoms with van der Waals surface area (Å²) in [6, 6.07) is 11.5. The zero-order valence-electron chi connectivity index (χ0n) is 14.5. The highest BCUT2D eigenvalue weighted by Gasteiger charge is 2.14. The number of benzene rings is 1. The number of thioether (sulfide) groups is 1. The zero-order chi connectivity index (χ0) is 18.2. The fraction of sp³-hybridized carbons (Fsp3) is 0.368. The molecule has 0 bridgehead atoms. The second-order valence-electron chi connectivity index (χ2n) is 5.83. The Bertz CT molecular complexity index is 672. The Balaban J connectivity index is 1.82. The van der Waals surface area contributed by atoms with Crippen LogP contribution in [0.15, 0.2) is 42.6 Å². The topological polar surface area (TPSA) is 85.4 Å². The molecular weight excluding hydrogens is 336 g/mol. The van der Waals surface area contributed by atoms with E-state index in [0.717, 1.165) is 22.6 Å². The number of nitrogens with two attached hydrogens (primary N) is 1. The van der Waals surface area contributed by atoms with Crippen LogP contribution in [-0.4, -0.2) is 34.1 Å². The van der Waals surface area contributed by atoms with Crippen LogP contribution in [0.4, 0.5) is 0 Å². The van der Waals surface area contributed by atoms with Gasteiger partial charge < -0.3 is 15.6 Å². The van der Waals surface area contributed by atoms with E-state index >= 15 is 0 Å². The van der Waals surface area contributed by atoms with Gasteiger partial charge >= 0.3 is 0 Å². The van der Waals surface area contributed by atoms with Crippen molar-refractivity contribution in [3.63, 3.8) is 0 Å². The van der Waals surface area contributed by atoms with Crippen molar-refractivity contribution in [2.24, 2.45) is 5.73 Å². The molecule has 25 heavy (non-hydrogen) atoms. The largest absolute Gasteiger partial charge is 0.493 e. The molecule has 0 saturated carbocycles. The lowest BCUT2D eigenvalue weighted by atomic mass is 10.1. The highest BCUT2D eigenvalue weighted by molar-refractivity contribution is 7.99. The van der Waals surface area contributed by atoms with Gasteiger partial charge in [0.2, 0.25) is 5.91 Å². The number of primary amides is 1. The molecule has 0 aliphatic carbocycles. The molecule has 6 heteroatoms. The second kappa shape index (κ2) is 9.44. The lowest BCUT2D eigenvalue weighted by molar-refractivity contribution is -0.117. The number of nitrogens with zero attached hydrogens (tertiary/aromatic N) is 1. The normalized spacial score (nSPS) is 13.2. The van der Waals surface area contributed by atoms with Crippen LogP contribution in [0.2, 0.25) is 0 Å². The van der Waals surface area contributed by atoms with Crippen LogP contribution in [0.25, 0.3) is 0 Å². The summed E-state index contributed by atoms with van der Waals surface area (Å²) in [6.45, 7) is 2.24. The van der Waals surface area contributed by atoms with Gasteiger partial charge in [-0.05, 0) is 48.9 Å². The van der Waals surface area contributed by atoms with E-state index in [1.807, 2.05) is 42.7 Å². The maximum Gasteiger partial charge on any atom is 0.230 e. The number of carbonyl (C=O) groups is 1. The number of amides is 1. The summed E-state index contributed by atoms with van der Waals surface area (Å²) in [4.78, 5) is 15.6. The van der Waals surface area contributed by atoms with E-state index in [2.05, 4.69) is 4.98 Å². The van der Waals surface area contributed by atoms with Crippen LogP contribution in [0.5, 0.6) is 5.75 Å². The third kappa shape index (κ3) is 6.07. The number of ether oxygens (including phenoxy) is 1. The van der Waals surface area contributed by atoms with Crippen molar-refractivity contribution < 1.29 is 14.6 Å². The number of aliphatic hydroxyl groups is 1. The van der Waals surface area contributed by atoms with E-state index in [4.69, 9.17) is 10.5 Å². The number of hydrogen-bond donors (Lipinski definition) is 2. The summed E-state index contributed by atoms with van der Waals surface area (Å²) in [5, 5.41) is 9.26.